The number of esters is 1. The highest BCUT2D eigenvalue weighted by Crippen LogP contribution is 2.31. The average Bonchev–Trinajstić information content (AvgIpc) is 2.84. The molecule has 2 heterocycles. The molecule has 2 aromatic rings. The Morgan fingerprint density at radius 2 is 2.24 bits per heavy atom. The van der Waals surface area contributed by atoms with Crippen molar-refractivity contribution < 1.29 is 13.9 Å². The first-order valence-corrected chi connectivity index (χ1v) is 6.14. The molecular formula is C12H13NO3S. The van der Waals surface area contributed by atoms with Crippen molar-refractivity contribution in [1.82, 2.24) is 4.98 Å². The summed E-state index contributed by atoms with van der Waals surface area (Å²) < 4.78 is 10.5. The predicted octanol–water partition coefficient (Wildman–Crippen LogP) is 3.20. The summed E-state index contributed by atoms with van der Waals surface area (Å²) in [6.45, 7) is 5.83. The summed E-state index contributed by atoms with van der Waals surface area (Å²) >= 11 is 1.43. The van der Waals surface area contributed by atoms with Crippen LogP contribution in [0.2, 0.25) is 0 Å². The maximum Gasteiger partial charge on any atom is 0.358 e. The molecule has 0 aliphatic rings. The Morgan fingerprint density at radius 3 is 2.82 bits per heavy atom. The number of rotatable bonds is 3. The molecule has 5 heteroatoms. The summed E-state index contributed by atoms with van der Waals surface area (Å²) in [4.78, 5) is 16.7. The van der Waals surface area contributed by atoms with Gasteiger partial charge in [-0.15, -0.1) is 11.3 Å². The van der Waals surface area contributed by atoms with E-state index in [9.17, 15) is 4.79 Å². The minimum absolute atomic E-state index is 0.337. The molecule has 0 saturated heterocycles. The molecule has 17 heavy (non-hydrogen) atoms. The van der Waals surface area contributed by atoms with E-state index >= 15 is 0 Å². The van der Waals surface area contributed by atoms with Gasteiger partial charge in [-0.3, -0.25) is 0 Å². The van der Waals surface area contributed by atoms with Gasteiger partial charge in [0.1, 0.15) is 16.4 Å². The van der Waals surface area contributed by atoms with E-state index in [1.54, 1.807) is 6.92 Å². The zero-order valence-corrected chi connectivity index (χ0v) is 10.8. The highest BCUT2D eigenvalue weighted by atomic mass is 32.1. The number of ether oxygens (including phenoxy) is 1. The molecule has 90 valence electrons. The van der Waals surface area contributed by atoms with E-state index in [0.29, 0.717) is 18.1 Å². The zero-order valence-electron chi connectivity index (χ0n) is 9.94. The smallest absolute Gasteiger partial charge is 0.358 e. The van der Waals surface area contributed by atoms with Crippen LogP contribution >= 0.6 is 11.3 Å². The standard InChI is InChI=1S/C12H13NO3S/c1-4-15-12(14)10-11(17-8(3)13-10)9-6-5-7(2)16-9/h5-6H,4H2,1-3H3. The number of aromatic nitrogens is 1. The third-order valence-electron chi connectivity index (χ3n) is 2.17. The van der Waals surface area contributed by atoms with Crippen LogP contribution in [0.5, 0.6) is 0 Å². The first-order chi connectivity index (χ1) is 8.11. The Morgan fingerprint density at radius 1 is 1.47 bits per heavy atom. The second kappa shape index (κ2) is 4.71. The maximum absolute atomic E-state index is 11.7. The summed E-state index contributed by atoms with van der Waals surface area (Å²) in [6.07, 6.45) is 0. The molecule has 0 bridgehead atoms. The first kappa shape index (κ1) is 11.9. The van der Waals surface area contributed by atoms with Gasteiger partial charge in [0.15, 0.2) is 5.69 Å². The SMILES string of the molecule is CCOC(=O)c1nc(C)sc1-c1ccc(C)o1. The lowest BCUT2D eigenvalue weighted by Gasteiger charge is -1.99. The van der Waals surface area contributed by atoms with Crippen LogP contribution < -0.4 is 0 Å². The molecule has 2 rings (SSSR count). The summed E-state index contributed by atoms with van der Waals surface area (Å²) in [6, 6.07) is 3.70. The lowest BCUT2D eigenvalue weighted by atomic mass is 10.3. The number of aryl methyl sites for hydroxylation is 2. The third kappa shape index (κ3) is 2.39. The molecule has 0 N–H and O–H groups in total. The fourth-order valence-electron chi connectivity index (χ4n) is 1.49. The average molecular weight is 251 g/mol. The number of nitrogens with zero attached hydrogens (tertiary/aromatic N) is 1. The van der Waals surface area contributed by atoms with Gasteiger partial charge in [0.2, 0.25) is 0 Å². The number of carbonyl (C=O) groups excluding carboxylic acids is 1. The summed E-state index contributed by atoms with van der Waals surface area (Å²) in [5.74, 6) is 1.07. The quantitative estimate of drug-likeness (QED) is 0.786. The van der Waals surface area contributed by atoms with Gasteiger partial charge in [-0.2, -0.15) is 0 Å². The van der Waals surface area contributed by atoms with Crippen molar-refractivity contribution in [2.75, 3.05) is 6.61 Å². The van der Waals surface area contributed by atoms with E-state index in [-0.39, 0.29) is 0 Å². The first-order valence-electron chi connectivity index (χ1n) is 5.33. The molecular weight excluding hydrogens is 238 g/mol. The lowest BCUT2D eigenvalue weighted by molar-refractivity contribution is 0.0521. The molecule has 4 nitrogen and oxygen atoms in total. The highest BCUT2D eigenvalue weighted by molar-refractivity contribution is 7.15. The van der Waals surface area contributed by atoms with Gasteiger partial charge >= 0.3 is 5.97 Å². The van der Waals surface area contributed by atoms with Gasteiger partial charge in [-0.1, -0.05) is 0 Å². The Labute approximate surface area is 103 Å². The van der Waals surface area contributed by atoms with E-state index in [1.807, 2.05) is 26.0 Å². The van der Waals surface area contributed by atoms with Crippen LogP contribution in [0.1, 0.15) is 28.2 Å². The molecule has 0 spiro atoms. The van der Waals surface area contributed by atoms with Crippen molar-refractivity contribution >= 4 is 17.3 Å². The van der Waals surface area contributed by atoms with Crippen molar-refractivity contribution in [2.24, 2.45) is 0 Å². The van der Waals surface area contributed by atoms with E-state index < -0.39 is 5.97 Å². The van der Waals surface area contributed by atoms with Crippen LogP contribution in [0.3, 0.4) is 0 Å². The highest BCUT2D eigenvalue weighted by Gasteiger charge is 2.21. The van der Waals surface area contributed by atoms with Crippen molar-refractivity contribution in [3.63, 3.8) is 0 Å². The Hall–Kier alpha value is -1.62. The third-order valence-corrected chi connectivity index (χ3v) is 3.15. The molecule has 0 unspecified atom stereocenters. The molecule has 0 amide bonds. The van der Waals surface area contributed by atoms with Crippen LogP contribution in [0.15, 0.2) is 16.5 Å². The number of hydrogen-bond donors (Lipinski definition) is 0. The zero-order chi connectivity index (χ0) is 12.4. The molecule has 0 saturated carbocycles. The monoisotopic (exact) mass is 251 g/mol. The minimum Gasteiger partial charge on any atom is -0.461 e. The molecule has 0 aliphatic carbocycles. The Bertz CT molecular complexity index is 542. The van der Waals surface area contributed by atoms with Crippen molar-refractivity contribution in [3.05, 3.63) is 28.6 Å². The van der Waals surface area contributed by atoms with Gasteiger partial charge in [0.25, 0.3) is 0 Å². The Kier molecular flexibility index (Phi) is 3.28. The summed E-state index contributed by atoms with van der Waals surface area (Å²) in [5.41, 5.74) is 0.337. The molecule has 0 radical (unpaired) electrons. The second-order valence-electron chi connectivity index (χ2n) is 3.54. The number of carbonyl (C=O) groups is 1. The minimum atomic E-state index is -0.402. The molecule has 0 atom stereocenters. The van der Waals surface area contributed by atoms with Crippen molar-refractivity contribution in [2.45, 2.75) is 20.8 Å². The molecule has 2 aromatic heterocycles. The van der Waals surface area contributed by atoms with Crippen molar-refractivity contribution in [3.8, 4) is 10.6 Å². The second-order valence-corrected chi connectivity index (χ2v) is 4.74. The predicted molar refractivity (Wildman–Crippen MR) is 65.2 cm³/mol. The van der Waals surface area contributed by atoms with Crippen LogP contribution in [0.4, 0.5) is 0 Å². The van der Waals surface area contributed by atoms with Crippen molar-refractivity contribution in [1.29, 1.82) is 0 Å². The van der Waals surface area contributed by atoms with E-state index in [4.69, 9.17) is 9.15 Å². The lowest BCUT2D eigenvalue weighted by Crippen LogP contribution is -2.06. The largest absolute Gasteiger partial charge is 0.461 e. The molecule has 0 fully saturated rings. The van der Waals surface area contributed by atoms with E-state index in [2.05, 4.69) is 4.98 Å². The van der Waals surface area contributed by atoms with Crippen LogP contribution in [0.25, 0.3) is 10.6 Å². The van der Waals surface area contributed by atoms with Crippen LogP contribution in [-0.2, 0) is 4.74 Å². The number of furan rings is 1. The molecule has 0 aliphatic heterocycles. The normalized spacial score (nSPS) is 10.5. The fourth-order valence-corrected chi connectivity index (χ4v) is 2.36. The number of hydrogen-bond acceptors (Lipinski definition) is 5. The Balaban J connectivity index is 2.43. The number of thiazole rings is 1. The van der Waals surface area contributed by atoms with Crippen LogP contribution in [-0.4, -0.2) is 17.6 Å². The maximum atomic E-state index is 11.7. The topological polar surface area (TPSA) is 52.3 Å². The fraction of sp³-hybridized carbons (Fsp3) is 0.333. The van der Waals surface area contributed by atoms with Crippen LogP contribution in [0, 0.1) is 13.8 Å². The van der Waals surface area contributed by atoms with Gasteiger partial charge in [0.05, 0.1) is 11.6 Å². The summed E-state index contributed by atoms with van der Waals surface area (Å²) in [7, 11) is 0. The van der Waals surface area contributed by atoms with E-state index in [0.717, 1.165) is 15.6 Å². The van der Waals surface area contributed by atoms with E-state index in [1.165, 1.54) is 11.3 Å². The van der Waals surface area contributed by atoms with Gasteiger partial charge in [0, 0.05) is 0 Å². The van der Waals surface area contributed by atoms with Gasteiger partial charge in [-0.05, 0) is 32.9 Å². The van der Waals surface area contributed by atoms with Gasteiger partial charge in [-0.25, -0.2) is 9.78 Å². The van der Waals surface area contributed by atoms with Gasteiger partial charge < -0.3 is 9.15 Å². The molecule has 0 aromatic carbocycles. The summed E-state index contributed by atoms with van der Waals surface area (Å²) in [5, 5.41) is 0.817.